The minimum atomic E-state index is -0.951. The molecule has 90 valence electrons. The molecule has 0 amide bonds. The summed E-state index contributed by atoms with van der Waals surface area (Å²) in [7, 11) is -0.951. The van der Waals surface area contributed by atoms with Crippen LogP contribution in [0.25, 0.3) is 0 Å². The summed E-state index contributed by atoms with van der Waals surface area (Å²) in [6, 6.07) is 9.90. The minimum absolute atomic E-state index is 0.425. The van der Waals surface area contributed by atoms with E-state index in [1.54, 1.807) is 0 Å². The predicted octanol–water partition coefficient (Wildman–Crippen LogP) is 2.74. The van der Waals surface area contributed by atoms with Crippen molar-refractivity contribution >= 4 is 10.8 Å². The maximum atomic E-state index is 11.9. The number of aryl methyl sites for hydroxylation is 2. The van der Waals surface area contributed by atoms with Crippen molar-refractivity contribution in [2.75, 3.05) is 0 Å². The van der Waals surface area contributed by atoms with Gasteiger partial charge in [0, 0.05) is 22.6 Å². The number of hydrogen-bond donors (Lipinski definition) is 0. The molecule has 0 aliphatic carbocycles. The van der Waals surface area contributed by atoms with Crippen LogP contribution in [0.3, 0.4) is 0 Å². The lowest BCUT2D eigenvalue weighted by Crippen LogP contribution is -1.98. The fourth-order valence-electron chi connectivity index (χ4n) is 1.68. The molecule has 0 saturated carbocycles. The molecule has 0 bridgehead atoms. The fraction of sp³-hybridized carbons (Fsp3) is 0.308. The molecule has 4 heteroatoms. The first-order chi connectivity index (χ1) is 8.13. The standard InChI is InChI=1S/C13H15NO2S/c1-10-4-3-5-12(6-10)8-17(15)9-13-7-11(2)14-16-13/h3-7H,8-9H2,1-2H3. The van der Waals surface area contributed by atoms with Gasteiger partial charge in [0.05, 0.1) is 11.4 Å². The molecular formula is C13H15NO2S. The Morgan fingerprint density at radius 3 is 2.71 bits per heavy atom. The largest absolute Gasteiger partial charge is 0.360 e. The second-order valence-corrected chi connectivity index (χ2v) is 5.61. The van der Waals surface area contributed by atoms with Crippen molar-refractivity contribution in [3.05, 3.63) is 52.9 Å². The molecule has 1 heterocycles. The molecule has 2 rings (SSSR count). The van der Waals surface area contributed by atoms with Gasteiger partial charge in [-0.3, -0.25) is 4.21 Å². The number of nitrogens with zero attached hydrogens (tertiary/aromatic N) is 1. The lowest BCUT2D eigenvalue weighted by Gasteiger charge is -2.01. The molecule has 0 spiro atoms. The highest BCUT2D eigenvalue weighted by Gasteiger charge is 2.07. The van der Waals surface area contributed by atoms with E-state index in [1.165, 1.54) is 5.56 Å². The van der Waals surface area contributed by atoms with Crippen LogP contribution in [0, 0.1) is 13.8 Å². The highest BCUT2D eigenvalue weighted by molar-refractivity contribution is 7.83. The van der Waals surface area contributed by atoms with Gasteiger partial charge in [-0.1, -0.05) is 35.0 Å². The number of benzene rings is 1. The molecule has 3 nitrogen and oxygen atoms in total. The van der Waals surface area contributed by atoms with Gasteiger partial charge in [-0.25, -0.2) is 0 Å². The Labute approximate surface area is 103 Å². The monoisotopic (exact) mass is 249 g/mol. The summed E-state index contributed by atoms with van der Waals surface area (Å²) in [6.45, 7) is 3.89. The summed E-state index contributed by atoms with van der Waals surface area (Å²) in [5.41, 5.74) is 3.11. The Morgan fingerprint density at radius 2 is 2.06 bits per heavy atom. The highest BCUT2D eigenvalue weighted by atomic mass is 32.2. The van der Waals surface area contributed by atoms with Crippen molar-refractivity contribution in [2.24, 2.45) is 0 Å². The molecule has 2 aromatic rings. The van der Waals surface area contributed by atoms with Crippen molar-refractivity contribution < 1.29 is 8.73 Å². The fourth-order valence-corrected chi connectivity index (χ4v) is 2.79. The third kappa shape index (κ3) is 3.53. The second kappa shape index (κ2) is 5.27. The maximum absolute atomic E-state index is 11.9. The first-order valence-corrected chi connectivity index (χ1v) is 6.95. The summed E-state index contributed by atoms with van der Waals surface area (Å²) in [5, 5.41) is 3.78. The molecule has 1 aromatic carbocycles. The normalized spacial score (nSPS) is 12.6. The van der Waals surface area contributed by atoms with Crippen molar-refractivity contribution in [1.82, 2.24) is 5.16 Å². The molecule has 0 saturated heterocycles. The van der Waals surface area contributed by atoms with Crippen LogP contribution in [-0.4, -0.2) is 9.37 Å². The second-order valence-electron chi connectivity index (χ2n) is 4.15. The number of aromatic nitrogens is 1. The SMILES string of the molecule is Cc1cccc(CS(=O)Cc2cc(C)no2)c1. The van der Waals surface area contributed by atoms with Gasteiger partial charge in [0.1, 0.15) is 5.76 Å². The topological polar surface area (TPSA) is 43.1 Å². The van der Waals surface area contributed by atoms with Gasteiger partial charge in [-0.05, 0) is 19.4 Å². The Hall–Kier alpha value is -1.42. The molecular weight excluding hydrogens is 234 g/mol. The van der Waals surface area contributed by atoms with Crippen molar-refractivity contribution in [2.45, 2.75) is 25.4 Å². The molecule has 0 aliphatic heterocycles. The smallest absolute Gasteiger partial charge is 0.149 e. The lowest BCUT2D eigenvalue weighted by molar-refractivity contribution is 0.390. The zero-order valence-electron chi connectivity index (χ0n) is 9.97. The van der Waals surface area contributed by atoms with Crippen LogP contribution in [0.1, 0.15) is 22.6 Å². The van der Waals surface area contributed by atoms with E-state index in [-0.39, 0.29) is 0 Å². The zero-order chi connectivity index (χ0) is 12.3. The quantitative estimate of drug-likeness (QED) is 0.836. The highest BCUT2D eigenvalue weighted by Crippen LogP contribution is 2.11. The maximum Gasteiger partial charge on any atom is 0.149 e. The molecule has 0 radical (unpaired) electrons. The molecule has 17 heavy (non-hydrogen) atoms. The summed E-state index contributed by atoms with van der Waals surface area (Å²) >= 11 is 0. The average Bonchev–Trinajstić information content (AvgIpc) is 2.63. The van der Waals surface area contributed by atoms with E-state index in [9.17, 15) is 4.21 Å². The van der Waals surface area contributed by atoms with Gasteiger partial charge in [0.25, 0.3) is 0 Å². The van der Waals surface area contributed by atoms with Crippen LogP contribution >= 0.6 is 0 Å². The molecule has 1 aromatic heterocycles. The van der Waals surface area contributed by atoms with E-state index in [4.69, 9.17) is 4.52 Å². The van der Waals surface area contributed by atoms with Crippen LogP contribution in [-0.2, 0) is 22.3 Å². The summed E-state index contributed by atoms with van der Waals surface area (Å²) in [6.07, 6.45) is 0. The Bertz CT molecular complexity index is 534. The van der Waals surface area contributed by atoms with Crippen LogP contribution in [0.15, 0.2) is 34.9 Å². The van der Waals surface area contributed by atoms with Crippen LogP contribution in [0.2, 0.25) is 0 Å². The van der Waals surface area contributed by atoms with E-state index in [0.717, 1.165) is 11.3 Å². The molecule has 1 unspecified atom stereocenters. The zero-order valence-corrected chi connectivity index (χ0v) is 10.8. The van der Waals surface area contributed by atoms with Crippen molar-refractivity contribution in [1.29, 1.82) is 0 Å². The number of hydrogen-bond acceptors (Lipinski definition) is 3. The van der Waals surface area contributed by atoms with Gasteiger partial charge in [0.15, 0.2) is 0 Å². The van der Waals surface area contributed by atoms with Crippen molar-refractivity contribution in [3.63, 3.8) is 0 Å². The Morgan fingerprint density at radius 1 is 1.24 bits per heavy atom. The third-order valence-corrected chi connectivity index (χ3v) is 3.65. The third-order valence-electron chi connectivity index (χ3n) is 2.39. The van der Waals surface area contributed by atoms with Gasteiger partial charge >= 0.3 is 0 Å². The van der Waals surface area contributed by atoms with Gasteiger partial charge in [0.2, 0.25) is 0 Å². The minimum Gasteiger partial charge on any atom is -0.360 e. The molecule has 0 fully saturated rings. The van der Waals surface area contributed by atoms with E-state index in [1.807, 2.05) is 38.1 Å². The van der Waals surface area contributed by atoms with Gasteiger partial charge in [-0.15, -0.1) is 0 Å². The summed E-state index contributed by atoms with van der Waals surface area (Å²) in [4.78, 5) is 0. The molecule has 1 atom stereocenters. The first kappa shape index (κ1) is 12.0. The summed E-state index contributed by atoms with van der Waals surface area (Å²) < 4.78 is 17.0. The van der Waals surface area contributed by atoms with E-state index in [2.05, 4.69) is 11.2 Å². The predicted molar refractivity (Wildman–Crippen MR) is 68.0 cm³/mol. The van der Waals surface area contributed by atoms with Crippen LogP contribution in [0.4, 0.5) is 0 Å². The van der Waals surface area contributed by atoms with Crippen molar-refractivity contribution in [3.8, 4) is 0 Å². The Balaban J connectivity index is 1.98. The molecule has 0 aliphatic rings. The Kier molecular flexibility index (Phi) is 3.74. The average molecular weight is 249 g/mol. The van der Waals surface area contributed by atoms with Gasteiger partial charge in [-0.2, -0.15) is 0 Å². The summed E-state index contributed by atoms with van der Waals surface area (Å²) in [5.74, 6) is 1.67. The van der Waals surface area contributed by atoms with Gasteiger partial charge < -0.3 is 4.52 Å². The van der Waals surface area contributed by atoms with E-state index < -0.39 is 10.8 Å². The van der Waals surface area contributed by atoms with Crippen LogP contribution in [0.5, 0.6) is 0 Å². The van der Waals surface area contributed by atoms with E-state index in [0.29, 0.717) is 17.3 Å². The first-order valence-electron chi connectivity index (χ1n) is 5.46. The molecule has 0 N–H and O–H groups in total. The lowest BCUT2D eigenvalue weighted by atomic mass is 10.2. The number of rotatable bonds is 4. The van der Waals surface area contributed by atoms with E-state index >= 15 is 0 Å². The van der Waals surface area contributed by atoms with Crippen LogP contribution < -0.4 is 0 Å².